The third-order valence-corrected chi connectivity index (χ3v) is 5.92. The predicted molar refractivity (Wildman–Crippen MR) is 93.2 cm³/mol. The summed E-state index contributed by atoms with van der Waals surface area (Å²) in [5.41, 5.74) is 1.68. The number of morpholine rings is 1. The molecular formula is C19H27N3O2. The number of carbonyl (C=O) groups is 1. The summed E-state index contributed by atoms with van der Waals surface area (Å²) in [5, 5.41) is 0. The molecule has 0 aromatic carbocycles. The summed E-state index contributed by atoms with van der Waals surface area (Å²) in [5.74, 6) is 1.66. The average Bonchev–Trinajstić information content (AvgIpc) is 2.68. The number of hydrogen-bond acceptors (Lipinski definition) is 4. The van der Waals surface area contributed by atoms with E-state index in [1.807, 2.05) is 17.0 Å². The Labute approximate surface area is 144 Å². The minimum absolute atomic E-state index is 0.106. The van der Waals surface area contributed by atoms with Crippen molar-refractivity contribution >= 4 is 11.6 Å². The predicted octanol–water partition coefficient (Wildman–Crippen LogP) is 2.57. The van der Waals surface area contributed by atoms with Crippen LogP contribution in [0.15, 0.2) is 18.3 Å². The molecule has 1 amide bonds. The molecule has 3 aliphatic rings. The van der Waals surface area contributed by atoms with Crippen LogP contribution < -0.4 is 4.90 Å². The Morgan fingerprint density at radius 2 is 1.88 bits per heavy atom. The van der Waals surface area contributed by atoms with Crippen molar-refractivity contribution in [3.8, 4) is 0 Å². The van der Waals surface area contributed by atoms with Gasteiger partial charge in [-0.2, -0.15) is 0 Å². The van der Waals surface area contributed by atoms with Gasteiger partial charge in [0.1, 0.15) is 5.69 Å². The zero-order valence-electron chi connectivity index (χ0n) is 14.3. The molecule has 5 heteroatoms. The van der Waals surface area contributed by atoms with Crippen molar-refractivity contribution in [2.75, 3.05) is 44.3 Å². The first-order valence-electron chi connectivity index (χ1n) is 9.39. The molecule has 5 nitrogen and oxygen atoms in total. The number of amides is 1. The summed E-state index contributed by atoms with van der Waals surface area (Å²) >= 11 is 0. The monoisotopic (exact) mass is 329 g/mol. The molecule has 3 fully saturated rings. The lowest BCUT2D eigenvalue weighted by atomic mass is 9.75. The van der Waals surface area contributed by atoms with Gasteiger partial charge in [-0.25, -0.2) is 0 Å². The van der Waals surface area contributed by atoms with Crippen molar-refractivity contribution in [3.63, 3.8) is 0 Å². The van der Waals surface area contributed by atoms with Gasteiger partial charge < -0.3 is 14.5 Å². The maximum Gasteiger partial charge on any atom is 0.272 e. The molecule has 2 saturated heterocycles. The molecule has 0 radical (unpaired) electrons. The van der Waals surface area contributed by atoms with Crippen molar-refractivity contribution in [3.05, 3.63) is 24.0 Å². The van der Waals surface area contributed by atoms with E-state index in [1.165, 1.54) is 32.1 Å². The van der Waals surface area contributed by atoms with Crippen molar-refractivity contribution in [2.24, 2.45) is 11.8 Å². The molecule has 0 unspecified atom stereocenters. The average molecular weight is 329 g/mol. The lowest BCUT2D eigenvalue weighted by Gasteiger charge is -2.41. The summed E-state index contributed by atoms with van der Waals surface area (Å²) < 4.78 is 5.41. The summed E-state index contributed by atoms with van der Waals surface area (Å²) in [7, 11) is 0. The van der Waals surface area contributed by atoms with E-state index in [-0.39, 0.29) is 5.91 Å². The Hall–Kier alpha value is -1.62. The molecule has 1 saturated carbocycles. The lowest BCUT2D eigenvalue weighted by Crippen LogP contribution is -2.45. The highest BCUT2D eigenvalue weighted by atomic mass is 16.5. The van der Waals surface area contributed by atoms with Gasteiger partial charge in [0, 0.05) is 38.1 Å². The minimum Gasteiger partial charge on any atom is -0.378 e. The van der Waals surface area contributed by atoms with Crippen LogP contribution in [0.25, 0.3) is 0 Å². The van der Waals surface area contributed by atoms with Gasteiger partial charge >= 0.3 is 0 Å². The molecule has 1 aromatic heterocycles. The summed E-state index contributed by atoms with van der Waals surface area (Å²) in [6.45, 7) is 5.08. The van der Waals surface area contributed by atoms with Crippen LogP contribution in [0.1, 0.15) is 42.6 Å². The molecular weight excluding hydrogens is 302 g/mol. The zero-order valence-corrected chi connectivity index (χ0v) is 14.3. The fourth-order valence-electron chi connectivity index (χ4n) is 4.50. The third kappa shape index (κ3) is 3.27. The number of nitrogens with zero attached hydrogens (tertiary/aromatic N) is 3. The number of piperidine rings is 1. The molecule has 2 atom stereocenters. The molecule has 1 aromatic rings. The Kier molecular flexibility index (Phi) is 4.69. The Morgan fingerprint density at radius 1 is 1.08 bits per heavy atom. The summed E-state index contributed by atoms with van der Waals surface area (Å²) in [6.07, 6.45) is 8.28. The van der Waals surface area contributed by atoms with Gasteiger partial charge in [-0.1, -0.05) is 19.3 Å². The Bertz CT molecular complexity index is 586. The minimum atomic E-state index is 0.106. The van der Waals surface area contributed by atoms with E-state index in [1.54, 1.807) is 6.20 Å². The SMILES string of the molecule is O=C(c1cc(N2CCOCC2)ccn1)N1CC[C@@H]2CCCC[C@H]2C1. The molecule has 1 aliphatic carbocycles. The quantitative estimate of drug-likeness (QED) is 0.836. The van der Waals surface area contributed by atoms with E-state index in [9.17, 15) is 4.79 Å². The van der Waals surface area contributed by atoms with E-state index in [0.29, 0.717) is 11.6 Å². The number of pyridine rings is 1. The van der Waals surface area contributed by atoms with Gasteiger partial charge in [0.2, 0.25) is 0 Å². The molecule has 3 heterocycles. The van der Waals surface area contributed by atoms with Crippen LogP contribution in [0.3, 0.4) is 0 Å². The van der Waals surface area contributed by atoms with Crippen LogP contribution >= 0.6 is 0 Å². The highest BCUT2D eigenvalue weighted by molar-refractivity contribution is 5.93. The largest absolute Gasteiger partial charge is 0.378 e. The second-order valence-electron chi connectivity index (χ2n) is 7.34. The first kappa shape index (κ1) is 15.9. The number of rotatable bonds is 2. The number of hydrogen-bond donors (Lipinski definition) is 0. The van der Waals surface area contributed by atoms with Crippen LogP contribution in [0, 0.1) is 11.8 Å². The number of aromatic nitrogens is 1. The van der Waals surface area contributed by atoms with Crippen LogP contribution in [-0.4, -0.2) is 55.2 Å². The molecule has 0 spiro atoms. The van der Waals surface area contributed by atoms with Gasteiger partial charge in [-0.05, 0) is 36.8 Å². The van der Waals surface area contributed by atoms with Gasteiger partial charge in [0.25, 0.3) is 5.91 Å². The van der Waals surface area contributed by atoms with E-state index in [0.717, 1.165) is 51.0 Å². The third-order valence-electron chi connectivity index (χ3n) is 5.92. The second kappa shape index (κ2) is 7.09. The molecule has 4 rings (SSSR count). The van der Waals surface area contributed by atoms with Gasteiger partial charge in [-0.15, -0.1) is 0 Å². The van der Waals surface area contributed by atoms with Crippen molar-refractivity contribution in [1.29, 1.82) is 0 Å². The Balaban J connectivity index is 1.46. The molecule has 0 N–H and O–H groups in total. The summed E-state index contributed by atoms with van der Waals surface area (Å²) in [4.78, 5) is 21.6. The van der Waals surface area contributed by atoms with Gasteiger partial charge in [0.05, 0.1) is 13.2 Å². The first-order valence-corrected chi connectivity index (χ1v) is 9.39. The first-order chi connectivity index (χ1) is 11.8. The number of fused-ring (bicyclic) bond motifs is 1. The lowest BCUT2D eigenvalue weighted by molar-refractivity contribution is 0.0515. The topological polar surface area (TPSA) is 45.7 Å². The highest BCUT2D eigenvalue weighted by Crippen LogP contribution is 2.36. The van der Waals surface area contributed by atoms with Crippen molar-refractivity contribution in [1.82, 2.24) is 9.88 Å². The van der Waals surface area contributed by atoms with Gasteiger partial charge in [0.15, 0.2) is 0 Å². The fraction of sp³-hybridized carbons (Fsp3) is 0.684. The Morgan fingerprint density at radius 3 is 2.71 bits per heavy atom. The van der Waals surface area contributed by atoms with E-state index in [2.05, 4.69) is 9.88 Å². The number of carbonyl (C=O) groups excluding carboxylic acids is 1. The maximum absolute atomic E-state index is 12.9. The number of anilines is 1. The molecule has 0 bridgehead atoms. The van der Waals surface area contributed by atoms with E-state index >= 15 is 0 Å². The van der Waals surface area contributed by atoms with Crippen LogP contribution in [0.4, 0.5) is 5.69 Å². The molecule has 2 aliphatic heterocycles. The maximum atomic E-state index is 12.9. The zero-order chi connectivity index (χ0) is 16.4. The normalized spacial score (nSPS) is 27.7. The number of ether oxygens (including phenoxy) is 1. The van der Waals surface area contributed by atoms with E-state index < -0.39 is 0 Å². The van der Waals surface area contributed by atoms with Crippen LogP contribution in [0.2, 0.25) is 0 Å². The van der Waals surface area contributed by atoms with Crippen molar-refractivity contribution in [2.45, 2.75) is 32.1 Å². The standard InChI is InChI=1S/C19H27N3O2/c23-19(22-8-6-15-3-1-2-4-16(15)14-22)18-13-17(5-7-20-18)21-9-11-24-12-10-21/h5,7,13,15-16H,1-4,6,8-12,14H2/t15-,16-/m0/s1. The number of likely N-dealkylation sites (tertiary alicyclic amines) is 1. The smallest absolute Gasteiger partial charge is 0.272 e. The molecule has 24 heavy (non-hydrogen) atoms. The van der Waals surface area contributed by atoms with Crippen molar-refractivity contribution < 1.29 is 9.53 Å². The fourth-order valence-corrected chi connectivity index (χ4v) is 4.50. The van der Waals surface area contributed by atoms with E-state index in [4.69, 9.17) is 4.74 Å². The van der Waals surface area contributed by atoms with Crippen LogP contribution in [-0.2, 0) is 4.74 Å². The van der Waals surface area contributed by atoms with Crippen LogP contribution in [0.5, 0.6) is 0 Å². The second-order valence-corrected chi connectivity index (χ2v) is 7.34. The highest BCUT2D eigenvalue weighted by Gasteiger charge is 2.33. The molecule has 130 valence electrons. The summed E-state index contributed by atoms with van der Waals surface area (Å²) in [6, 6.07) is 3.95. The van der Waals surface area contributed by atoms with Gasteiger partial charge in [-0.3, -0.25) is 9.78 Å².